The molecule has 0 radical (unpaired) electrons. The predicted molar refractivity (Wildman–Crippen MR) is 86.0 cm³/mol. The summed E-state index contributed by atoms with van der Waals surface area (Å²) in [5.41, 5.74) is 0.889. The van der Waals surface area contributed by atoms with Crippen LogP contribution in [0.1, 0.15) is 25.5 Å². The lowest BCUT2D eigenvalue weighted by atomic mass is 9.82. The van der Waals surface area contributed by atoms with Crippen molar-refractivity contribution in [3.63, 3.8) is 0 Å². The zero-order chi connectivity index (χ0) is 16.6. The standard InChI is InChI=1S/C17H21N3O3/c1-17(16(22)23)8-5-9-20(11-17)15(21)10-13-12-6-3-4-7-14(12)19(2)18-13/h3-4,6-7H,5,8-11H2,1-2H3,(H,22,23). The number of carbonyl (C=O) groups excluding carboxylic acids is 1. The van der Waals surface area contributed by atoms with Crippen LogP contribution < -0.4 is 0 Å². The Labute approximate surface area is 134 Å². The Morgan fingerprint density at radius 3 is 2.83 bits per heavy atom. The largest absolute Gasteiger partial charge is 0.481 e. The molecule has 1 N–H and O–H groups in total. The zero-order valence-electron chi connectivity index (χ0n) is 13.5. The fraction of sp³-hybridized carbons (Fsp3) is 0.471. The summed E-state index contributed by atoms with van der Waals surface area (Å²) in [7, 11) is 1.86. The van der Waals surface area contributed by atoms with Crippen molar-refractivity contribution in [1.82, 2.24) is 14.7 Å². The molecule has 2 aromatic rings. The van der Waals surface area contributed by atoms with E-state index in [-0.39, 0.29) is 18.9 Å². The molecule has 122 valence electrons. The molecule has 23 heavy (non-hydrogen) atoms. The van der Waals surface area contributed by atoms with Crippen LogP contribution in [0.2, 0.25) is 0 Å². The molecule has 1 amide bonds. The van der Waals surface area contributed by atoms with E-state index < -0.39 is 11.4 Å². The normalized spacial score (nSPS) is 21.6. The molecule has 0 aliphatic carbocycles. The number of para-hydroxylation sites is 1. The first-order valence-corrected chi connectivity index (χ1v) is 7.82. The minimum atomic E-state index is -0.847. The third kappa shape index (κ3) is 2.81. The monoisotopic (exact) mass is 315 g/mol. The molecule has 6 nitrogen and oxygen atoms in total. The number of aromatic nitrogens is 2. The Hall–Kier alpha value is -2.37. The summed E-state index contributed by atoms with van der Waals surface area (Å²) in [6.45, 7) is 2.60. The van der Waals surface area contributed by atoms with Gasteiger partial charge in [-0.3, -0.25) is 14.3 Å². The molecule has 1 aliphatic heterocycles. The number of amides is 1. The van der Waals surface area contributed by atoms with Crippen molar-refractivity contribution < 1.29 is 14.7 Å². The number of piperidine rings is 1. The lowest BCUT2D eigenvalue weighted by Gasteiger charge is -2.37. The molecule has 0 spiro atoms. The molecule has 1 aromatic carbocycles. The molecular weight excluding hydrogens is 294 g/mol. The van der Waals surface area contributed by atoms with Gasteiger partial charge in [0, 0.05) is 25.5 Å². The van der Waals surface area contributed by atoms with Gasteiger partial charge < -0.3 is 10.0 Å². The second-order valence-corrected chi connectivity index (χ2v) is 6.55. The van der Waals surface area contributed by atoms with E-state index in [4.69, 9.17) is 0 Å². The van der Waals surface area contributed by atoms with Crippen LogP contribution in [0.15, 0.2) is 24.3 Å². The Morgan fingerprint density at radius 2 is 2.09 bits per heavy atom. The Kier molecular flexibility index (Phi) is 3.83. The molecule has 0 saturated carbocycles. The first-order chi connectivity index (χ1) is 10.9. The number of fused-ring (bicyclic) bond motifs is 1. The highest BCUT2D eigenvalue weighted by Crippen LogP contribution is 2.30. The van der Waals surface area contributed by atoms with Crippen molar-refractivity contribution >= 4 is 22.8 Å². The van der Waals surface area contributed by atoms with Crippen molar-refractivity contribution in [3.05, 3.63) is 30.0 Å². The fourth-order valence-corrected chi connectivity index (χ4v) is 3.30. The van der Waals surface area contributed by atoms with Crippen molar-refractivity contribution in [1.29, 1.82) is 0 Å². The van der Waals surface area contributed by atoms with Crippen LogP contribution in [0.4, 0.5) is 0 Å². The van der Waals surface area contributed by atoms with Crippen molar-refractivity contribution in [3.8, 4) is 0 Å². The molecule has 1 saturated heterocycles. The van der Waals surface area contributed by atoms with Gasteiger partial charge in [-0.1, -0.05) is 18.2 Å². The highest BCUT2D eigenvalue weighted by Gasteiger charge is 2.39. The number of rotatable bonds is 3. The summed E-state index contributed by atoms with van der Waals surface area (Å²) in [4.78, 5) is 25.7. The van der Waals surface area contributed by atoms with E-state index in [0.29, 0.717) is 13.0 Å². The van der Waals surface area contributed by atoms with Crippen molar-refractivity contribution in [2.75, 3.05) is 13.1 Å². The Balaban J connectivity index is 1.80. The van der Waals surface area contributed by atoms with Crippen LogP contribution in [0.5, 0.6) is 0 Å². The summed E-state index contributed by atoms with van der Waals surface area (Å²) >= 11 is 0. The average molecular weight is 315 g/mol. The number of carbonyl (C=O) groups is 2. The van der Waals surface area contributed by atoms with Crippen molar-refractivity contribution in [2.24, 2.45) is 12.5 Å². The van der Waals surface area contributed by atoms with E-state index in [1.54, 1.807) is 16.5 Å². The quantitative estimate of drug-likeness (QED) is 0.937. The molecule has 2 heterocycles. The molecule has 1 atom stereocenters. The van der Waals surface area contributed by atoms with E-state index in [2.05, 4.69) is 5.10 Å². The second kappa shape index (κ2) is 5.68. The van der Waals surface area contributed by atoms with Crippen LogP contribution >= 0.6 is 0 Å². The lowest BCUT2D eigenvalue weighted by Crippen LogP contribution is -2.48. The van der Waals surface area contributed by atoms with Crippen LogP contribution in [0, 0.1) is 5.41 Å². The Morgan fingerprint density at radius 1 is 1.35 bits per heavy atom. The second-order valence-electron chi connectivity index (χ2n) is 6.55. The minimum absolute atomic E-state index is 0.0546. The topological polar surface area (TPSA) is 75.4 Å². The molecule has 1 unspecified atom stereocenters. The number of carboxylic acids is 1. The number of nitrogens with zero attached hydrogens (tertiary/aromatic N) is 3. The number of hydrogen-bond donors (Lipinski definition) is 1. The van der Waals surface area contributed by atoms with E-state index in [1.807, 2.05) is 31.3 Å². The first kappa shape index (κ1) is 15.5. The van der Waals surface area contributed by atoms with Gasteiger partial charge in [0.15, 0.2) is 0 Å². The first-order valence-electron chi connectivity index (χ1n) is 7.82. The summed E-state index contributed by atoms with van der Waals surface area (Å²) in [6.07, 6.45) is 1.53. The van der Waals surface area contributed by atoms with Gasteiger partial charge >= 0.3 is 5.97 Å². The maximum atomic E-state index is 12.6. The molecular formula is C17H21N3O3. The number of carboxylic acid groups (broad SMARTS) is 1. The van der Waals surface area contributed by atoms with Gasteiger partial charge in [-0.25, -0.2) is 0 Å². The number of aliphatic carboxylic acids is 1. The third-order valence-corrected chi connectivity index (χ3v) is 4.72. The van der Waals surface area contributed by atoms with E-state index in [1.165, 1.54) is 0 Å². The van der Waals surface area contributed by atoms with Gasteiger partial charge in [0.1, 0.15) is 0 Å². The van der Waals surface area contributed by atoms with Crippen LogP contribution in [0.3, 0.4) is 0 Å². The highest BCUT2D eigenvalue weighted by molar-refractivity contribution is 5.88. The van der Waals surface area contributed by atoms with Crippen LogP contribution in [0.25, 0.3) is 10.9 Å². The van der Waals surface area contributed by atoms with E-state index in [0.717, 1.165) is 23.0 Å². The third-order valence-electron chi connectivity index (χ3n) is 4.72. The molecule has 3 rings (SSSR count). The molecule has 6 heteroatoms. The Bertz CT molecular complexity index is 768. The number of likely N-dealkylation sites (tertiary alicyclic amines) is 1. The SMILES string of the molecule is Cn1nc(CC(=O)N2CCCC(C)(C(=O)O)C2)c2ccccc21. The van der Waals surface area contributed by atoms with Gasteiger partial charge in [0.05, 0.1) is 23.0 Å². The maximum Gasteiger partial charge on any atom is 0.311 e. The molecule has 1 fully saturated rings. The number of hydrogen-bond acceptors (Lipinski definition) is 3. The average Bonchev–Trinajstić information content (AvgIpc) is 2.84. The summed E-state index contributed by atoms with van der Waals surface area (Å²) < 4.78 is 1.77. The van der Waals surface area contributed by atoms with E-state index >= 15 is 0 Å². The summed E-state index contributed by atoms with van der Waals surface area (Å²) in [5, 5.41) is 14.8. The summed E-state index contributed by atoms with van der Waals surface area (Å²) in [5.74, 6) is -0.890. The lowest BCUT2D eigenvalue weighted by molar-refractivity contribution is -0.153. The van der Waals surface area contributed by atoms with E-state index in [9.17, 15) is 14.7 Å². The molecule has 1 aromatic heterocycles. The van der Waals surface area contributed by atoms with Gasteiger partial charge in [0.25, 0.3) is 0 Å². The summed E-state index contributed by atoms with van der Waals surface area (Å²) in [6, 6.07) is 7.81. The van der Waals surface area contributed by atoms with Gasteiger partial charge in [-0.15, -0.1) is 0 Å². The smallest absolute Gasteiger partial charge is 0.311 e. The van der Waals surface area contributed by atoms with Gasteiger partial charge in [-0.05, 0) is 25.8 Å². The highest BCUT2D eigenvalue weighted by atomic mass is 16.4. The van der Waals surface area contributed by atoms with Gasteiger partial charge in [0.2, 0.25) is 5.91 Å². The van der Waals surface area contributed by atoms with Crippen molar-refractivity contribution in [2.45, 2.75) is 26.2 Å². The van der Waals surface area contributed by atoms with Crippen LogP contribution in [-0.4, -0.2) is 44.8 Å². The minimum Gasteiger partial charge on any atom is -0.481 e. The maximum absolute atomic E-state index is 12.6. The number of aryl methyl sites for hydroxylation is 1. The molecule has 0 bridgehead atoms. The predicted octanol–water partition coefficient (Wildman–Crippen LogP) is 1.83. The fourth-order valence-electron chi connectivity index (χ4n) is 3.30. The number of benzene rings is 1. The molecule has 1 aliphatic rings. The van der Waals surface area contributed by atoms with Crippen LogP contribution in [-0.2, 0) is 23.1 Å². The zero-order valence-corrected chi connectivity index (χ0v) is 13.5. The van der Waals surface area contributed by atoms with Gasteiger partial charge in [-0.2, -0.15) is 5.10 Å².